The van der Waals surface area contributed by atoms with Crippen LogP contribution < -0.4 is 10.6 Å². The molecule has 34 heavy (non-hydrogen) atoms. The zero-order chi connectivity index (χ0) is 23.9. The van der Waals surface area contributed by atoms with E-state index in [1.54, 1.807) is 6.07 Å². The van der Waals surface area contributed by atoms with E-state index in [0.29, 0.717) is 23.4 Å². The molecule has 1 aliphatic heterocycles. The molecule has 2 N–H and O–H groups in total. The summed E-state index contributed by atoms with van der Waals surface area (Å²) in [5, 5.41) is 6.63. The lowest BCUT2D eigenvalue weighted by atomic mass is 9.78. The van der Waals surface area contributed by atoms with Crippen molar-refractivity contribution in [3.8, 4) is 0 Å². The molecule has 174 valence electrons. The Morgan fingerprint density at radius 1 is 0.882 bits per heavy atom. The lowest BCUT2D eigenvalue weighted by molar-refractivity contribution is -0.138. The Hall–Kier alpha value is -3.54. The third-order valence-electron chi connectivity index (χ3n) is 6.75. The van der Waals surface area contributed by atoms with E-state index in [4.69, 9.17) is 0 Å². The first-order chi connectivity index (χ1) is 16.3. The first kappa shape index (κ1) is 22.3. The summed E-state index contributed by atoms with van der Waals surface area (Å²) < 4.78 is 41.8. The van der Waals surface area contributed by atoms with Crippen LogP contribution in [-0.4, -0.2) is 5.78 Å². The second-order valence-electron chi connectivity index (χ2n) is 8.85. The summed E-state index contributed by atoms with van der Waals surface area (Å²) in [4.78, 5) is 13.6. The molecule has 2 atom stereocenters. The van der Waals surface area contributed by atoms with Crippen LogP contribution in [0.1, 0.15) is 54.0 Å². The third-order valence-corrected chi connectivity index (χ3v) is 6.75. The molecule has 0 radical (unpaired) electrons. The lowest BCUT2D eigenvalue weighted by Gasteiger charge is -2.31. The average molecular weight is 463 g/mol. The van der Waals surface area contributed by atoms with Crippen LogP contribution in [0.25, 0.3) is 0 Å². The predicted octanol–water partition coefficient (Wildman–Crippen LogP) is 7.25. The number of ketones is 1. The molecule has 3 aromatic carbocycles. The number of hydrogen-bond acceptors (Lipinski definition) is 3. The van der Waals surface area contributed by atoms with Gasteiger partial charge in [0.05, 0.1) is 23.0 Å². The van der Waals surface area contributed by atoms with E-state index < -0.39 is 17.8 Å². The van der Waals surface area contributed by atoms with Crippen LogP contribution in [-0.2, 0) is 17.4 Å². The number of allylic oxidation sites excluding steroid dienone is 1. The highest BCUT2D eigenvalue weighted by molar-refractivity contribution is 6.01. The van der Waals surface area contributed by atoms with Gasteiger partial charge in [0.15, 0.2) is 5.78 Å². The molecule has 2 unspecified atom stereocenters. The number of halogens is 3. The van der Waals surface area contributed by atoms with Gasteiger partial charge >= 0.3 is 6.18 Å². The van der Waals surface area contributed by atoms with E-state index >= 15 is 0 Å². The van der Waals surface area contributed by atoms with Gasteiger partial charge in [-0.1, -0.05) is 61.5 Å². The summed E-state index contributed by atoms with van der Waals surface area (Å²) in [5.74, 6) is -0.172. The summed E-state index contributed by atoms with van der Waals surface area (Å²) in [5.41, 5.74) is 4.09. The van der Waals surface area contributed by atoms with Crippen molar-refractivity contribution >= 4 is 17.2 Å². The molecule has 0 saturated heterocycles. The number of hydrogen-bond donors (Lipinski definition) is 2. The van der Waals surface area contributed by atoms with Crippen LogP contribution in [0.15, 0.2) is 84.1 Å². The number of alkyl halides is 3. The molecule has 0 spiro atoms. The van der Waals surface area contributed by atoms with Crippen LogP contribution >= 0.6 is 0 Å². The zero-order valence-corrected chi connectivity index (χ0v) is 18.7. The third kappa shape index (κ3) is 4.09. The van der Waals surface area contributed by atoms with Crippen LogP contribution in [0, 0.1) is 0 Å². The lowest BCUT2D eigenvalue weighted by Crippen LogP contribution is -2.28. The molecule has 6 heteroatoms. The highest BCUT2D eigenvalue weighted by Gasteiger charge is 2.40. The average Bonchev–Trinajstić information content (AvgIpc) is 3.00. The fourth-order valence-corrected chi connectivity index (χ4v) is 4.99. The molecule has 0 saturated carbocycles. The van der Waals surface area contributed by atoms with E-state index in [1.165, 1.54) is 17.7 Å². The van der Waals surface area contributed by atoms with Crippen LogP contribution in [0.3, 0.4) is 0 Å². The molecular weight excluding hydrogens is 437 g/mol. The second-order valence-corrected chi connectivity index (χ2v) is 8.85. The van der Waals surface area contributed by atoms with Gasteiger partial charge in [-0.2, -0.15) is 13.2 Å². The van der Waals surface area contributed by atoms with Crippen molar-refractivity contribution < 1.29 is 18.0 Å². The topological polar surface area (TPSA) is 41.1 Å². The number of benzene rings is 3. The number of carbonyl (C=O) groups excluding carboxylic acids is 1. The van der Waals surface area contributed by atoms with Gasteiger partial charge in [-0.25, -0.2) is 0 Å². The van der Waals surface area contributed by atoms with Crippen molar-refractivity contribution in [3.05, 3.63) is 106 Å². The summed E-state index contributed by atoms with van der Waals surface area (Å²) >= 11 is 0. The van der Waals surface area contributed by atoms with Gasteiger partial charge in [0.1, 0.15) is 0 Å². The largest absolute Gasteiger partial charge is 0.416 e. The number of anilines is 2. The van der Waals surface area contributed by atoms with E-state index in [1.807, 2.05) is 24.3 Å². The standard InChI is InChI=1S/C28H25F3N2O/c1-2-17-11-13-18(14-12-17)19-15-24-26(25(34)16-19)27(33-23-10-6-5-9-22(23)32-24)20-7-3-4-8-21(20)28(29,30)31/h3-14,19,27,32-33H,2,15-16H2,1H3. The maximum Gasteiger partial charge on any atom is 0.416 e. The number of carbonyl (C=O) groups is 1. The molecule has 1 heterocycles. The van der Waals surface area contributed by atoms with Crippen LogP contribution in [0.2, 0.25) is 0 Å². The quantitative estimate of drug-likeness (QED) is 0.431. The van der Waals surface area contributed by atoms with Crippen molar-refractivity contribution in [2.45, 2.75) is 44.3 Å². The van der Waals surface area contributed by atoms with Gasteiger partial charge < -0.3 is 10.6 Å². The number of aryl methyl sites for hydroxylation is 1. The molecular formula is C28H25F3N2O. The second kappa shape index (κ2) is 8.67. The highest BCUT2D eigenvalue weighted by atomic mass is 19.4. The summed E-state index contributed by atoms with van der Waals surface area (Å²) in [6.07, 6.45) is -2.79. The number of nitrogens with one attached hydrogen (secondary N) is 2. The van der Waals surface area contributed by atoms with Gasteiger partial charge in [-0.15, -0.1) is 0 Å². The maximum atomic E-state index is 13.9. The minimum Gasteiger partial charge on any atom is -0.372 e. The summed E-state index contributed by atoms with van der Waals surface area (Å²) in [6.45, 7) is 2.09. The number of Topliss-reactive ketones (excluding diaryl/α,β-unsaturated/α-hetero) is 1. The number of fused-ring (bicyclic) bond motifs is 1. The number of rotatable bonds is 3. The Morgan fingerprint density at radius 3 is 2.26 bits per heavy atom. The molecule has 2 aliphatic rings. The molecule has 0 amide bonds. The molecule has 3 nitrogen and oxygen atoms in total. The Kier molecular flexibility index (Phi) is 5.68. The first-order valence-electron chi connectivity index (χ1n) is 11.5. The fraction of sp³-hybridized carbons (Fsp3) is 0.250. The van der Waals surface area contributed by atoms with Gasteiger partial charge in [-0.05, 0) is 53.6 Å². The maximum absolute atomic E-state index is 13.9. The van der Waals surface area contributed by atoms with Gasteiger partial charge in [-0.3, -0.25) is 4.79 Å². The molecule has 0 aromatic heterocycles. The zero-order valence-electron chi connectivity index (χ0n) is 18.7. The summed E-state index contributed by atoms with van der Waals surface area (Å²) in [6, 6.07) is 20.2. The van der Waals surface area contributed by atoms with Crippen LogP contribution in [0.5, 0.6) is 0 Å². The van der Waals surface area contributed by atoms with Crippen LogP contribution in [0.4, 0.5) is 24.5 Å². The van der Waals surface area contributed by atoms with Crippen molar-refractivity contribution in [2.75, 3.05) is 10.6 Å². The molecule has 3 aromatic rings. The minimum absolute atomic E-state index is 0.0339. The molecule has 0 fully saturated rings. The molecule has 5 rings (SSSR count). The van der Waals surface area contributed by atoms with Gasteiger partial charge in [0.2, 0.25) is 0 Å². The first-order valence-corrected chi connectivity index (χ1v) is 11.5. The van der Waals surface area contributed by atoms with E-state index in [-0.39, 0.29) is 23.7 Å². The normalized spacial score (nSPS) is 20.1. The minimum atomic E-state index is -4.53. The van der Waals surface area contributed by atoms with Crippen molar-refractivity contribution in [3.63, 3.8) is 0 Å². The smallest absolute Gasteiger partial charge is 0.372 e. The SMILES string of the molecule is CCc1ccc(C2CC(=O)C3=C(C2)Nc2ccccc2NC3c2ccccc2C(F)(F)F)cc1. The van der Waals surface area contributed by atoms with Gasteiger partial charge in [0, 0.05) is 17.7 Å². The summed E-state index contributed by atoms with van der Waals surface area (Å²) in [7, 11) is 0. The monoisotopic (exact) mass is 462 g/mol. The Labute approximate surface area is 196 Å². The van der Waals surface area contributed by atoms with Crippen molar-refractivity contribution in [1.29, 1.82) is 0 Å². The fourth-order valence-electron chi connectivity index (χ4n) is 4.99. The highest BCUT2D eigenvalue weighted by Crippen LogP contribution is 2.46. The number of para-hydroxylation sites is 2. The van der Waals surface area contributed by atoms with Gasteiger partial charge in [0.25, 0.3) is 0 Å². The Morgan fingerprint density at radius 2 is 1.56 bits per heavy atom. The molecule has 0 bridgehead atoms. The predicted molar refractivity (Wildman–Crippen MR) is 128 cm³/mol. The Balaban J connectivity index is 1.62. The molecule has 1 aliphatic carbocycles. The van der Waals surface area contributed by atoms with Crippen molar-refractivity contribution in [2.24, 2.45) is 0 Å². The van der Waals surface area contributed by atoms with Crippen molar-refractivity contribution in [1.82, 2.24) is 0 Å². The van der Waals surface area contributed by atoms with E-state index in [0.717, 1.165) is 23.7 Å². The van der Waals surface area contributed by atoms with E-state index in [2.05, 4.69) is 41.8 Å². The Bertz CT molecular complexity index is 1260. The van der Waals surface area contributed by atoms with E-state index in [9.17, 15) is 18.0 Å².